The normalized spacial score (nSPS) is 15.9. The van der Waals surface area contributed by atoms with Crippen LogP contribution in [0.1, 0.15) is 83.1 Å². The molecule has 0 saturated heterocycles. The van der Waals surface area contributed by atoms with Crippen molar-refractivity contribution >= 4 is 17.5 Å². The molecule has 2 nitrogen and oxygen atoms in total. The van der Waals surface area contributed by atoms with Gasteiger partial charge in [-0.25, -0.2) is 0 Å². The van der Waals surface area contributed by atoms with Gasteiger partial charge in [-0.3, -0.25) is 0 Å². The van der Waals surface area contributed by atoms with Gasteiger partial charge in [-0.05, 0) is 20.2 Å². The molecule has 0 saturated carbocycles. The molecule has 0 heterocycles. The van der Waals surface area contributed by atoms with Gasteiger partial charge in [0, 0.05) is 0 Å². The maximum absolute atomic E-state index is 7.00. The standard InChI is InChI=1S/C16H39NOSi2/c1-13(2,3)19(14(4,5)6)18-20(17,15(7,8)9)16(10,11)12/h19H,17H2,1-12H3. The molecule has 0 bridgehead atoms. The molecule has 0 aliphatic carbocycles. The predicted molar refractivity (Wildman–Crippen MR) is 97.0 cm³/mol. The second kappa shape index (κ2) is 5.52. The Hall–Kier alpha value is 0.354. The summed E-state index contributed by atoms with van der Waals surface area (Å²) < 4.78 is 6.95. The Balaban J connectivity index is 5.80. The molecule has 4 heteroatoms. The van der Waals surface area contributed by atoms with Gasteiger partial charge < -0.3 is 9.51 Å². The highest BCUT2D eigenvalue weighted by Gasteiger charge is 2.56. The average Bonchev–Trinajstić information content (AvgIpc) is 2.05. The fourth-order valence-corrected chi connectivity index (χ4v) is 15.3. The first-order valence-electron chi connectivity index (χ1n) is 7.81. The van der Waals surface area contributed by atoms with E-state index in [-0.39, 0.29) is 20.2 Å². The van der Waals surface area contributed by atoms with Crippen molar-refractivity contribution in [2.75, 3.05) is 0 Å². The molecular formula is C16H39NOSi2. The third-order valence-electron chi connectivity index (χ3n) is 4.11. The molecule has 122 valence electrons. The molecule has 0 aromatic heterocycles. The molecule has 0 fully saturated rings. The molecule has 0 aromatic carbocycles. The Labute approximate surface area is 130 Å². The maximum Gasteiger partial charge on any atom is 0.266 e. The van der Waals surface area contributed by atoms with Gasteiger partial charge in [-0.1, -0.05) is 83.1 Å². The third-order valence-corrected chi connectivity index (χ3v) is 14.1. The molecule has 0 radical (unpaired) electrons. The van der Waals surface area contributed by atoms with Crippen LogP contribution in [0.4, 0.5) is 0 Å². The van der Waals surface area contributed by atoms with Crippen LogP contribution in [0.25, 0.3) is 0 Å². The zero-order chi connectivity index (χ0) is 16.8. The molecule has 0 aromatic rings. The van der Waals surface area contributed by atoms with E-state index in [2.05, 4.69) is 83.1 Å². The monoisotopic (exact) mass is 317 g/mol. The molecule has 0 rings (SSSR count). The van der Waals surface area contributed by atoms with Crippen molar-refractivity contribution in [3.05, 3.63) is 0 Å². The van der Waals surface area contributed by atoms with Gasteiger partial charge >= 0.3 is 0 Å². The largest absolute Gasteiger partial charge is 0.445 e. The summed E-state index contributed by atoms with van der Waals surface area (Å²) in [6, 6.07) is 0. The molecular weight excluding hydrogens is 278 g/mol. The summed E-state index contributed by atoms with van der Waals surface area (Å²) in [6.07, 6.45) is 0. The Morgan fingerprint density at radius 1 is 0.650 bits per heavy atom. The van der Waals surface area contributed by atoms with Crippen LogP contribution >= 0.6 is 0 Å². The Kier molecular flexibility index (Phi) is 5.62. The summed E-state index contributed by atoms with van der Waals surface area (Å²) in [4.78, 5) is 0. The highest BCUT2D eigenvalue weighted by atomic mass is 28.4. The highest BCUT2D eigenvalue weighted by molar-refractivity contribution is 6.83. The van der Waals surface area contributed by atoms with E-state index >= 15 is 0 Å². The lowest BCUT2D eigenvalue weighted by molar-refractivity contribution is 0.384. The first kappa shape index (κ1) is 20.4. The predicted octanol–water partition coefficient (Wildman–Crippen LogP) is 5.33. The van der Waals surface area contributed by atoms with E-state index in [0.29, 0.717) is 0 Å². The molecule has 0 unspecified atom stereocenters. The summed E-state index contributed by atoms with van der Waals surface area (Å²) in [5.41, 5.74) is 0. The van der Waals surface area contributed by atoms with Gasteiger partial charge in [0.05, 0.1) is 0 Å². The fraction of sp³-hybridized carbons (Fsp3) is 1.00. The van der Waals surface area contributed by atoms with Crippen LogP contribution in [0.3, 0.4) is 0 Å². The zero-order valence-electron chi connectivity index (χ0n) is 16.1. The number of nitrogens with two attached hydrogens (primary N) is 1. The molecule has 0 aliphatic heterocycles. The van der Waals surface area contributed by atoms with E-state index in [1.807, 2.05) is 0 Å². The molecule has 20 heavy (non-hydrogen) atoms. The number of hydrogen-bond acceptors (Lipinski definition) is 2. The first-order valence-corrected chi connectivity index (χ1v) is 11.4. The van der Waals surface area contributed by atoms with Crippen LogP contribution < -0.4 is 5.40 Å². The molecule has 0 atom stereocenters. The molecule has 0 spiro atoms. The van der Waals surface area contributed by atoms with Crippen LogP contribution in [-0.4, -0.2) is 17.5 Å². The molecule has 0 amide bonds. The molecule has 2 N–H and O–H groups in total. The summed E-state index contributed by atoms with van der Waals surface area (Å²) in [5.74, 6) is 0. The van der Waals surface area contributed by atoms with Gasteiger partial charge in [0.2, 0.25) is 0 Å². The maximum atomic E-state index is 7.00. The van der Waals surface area contributed by atoms with Gasteiger partial charge in [-0.2, -0.15) is 0 Å². The van der Waals surface area contributed by atoms with Gasteiger partial charge in [0.15, 0.2) is 9.04 Å². The van der Waals surface area contributed by atoms with Gasteiger partial charge in [-0.15, -0.1) is 0 Å². The number of rotatable bonds is 2. The van der Waals surface area contributed by atoms with Crippen molar-refractivity contribution in [2.45, 2.75) is 103 Å². The van der Waals surface area contributed by atoms with E-state index in [9.17, 15) is 0 Å². The van der Waals surface area contributed by atoms with Crippen molar-refractivity contribution in [3.63, 3.8) is 0 Å². The van der Waals surface area contributed by atoms with E-state index in [1.54, 1.807) is 0 Å². The van der Waals surface area contributed by atoms with Crippen molar-refractivity contribution in [1.29, 1.82) is 0 Å². The van der Waals surface area contributed by atoms with Crippen LogP contribution in [0.2, 0.25) is 20.2 Å². The van der Waals surface area contributed by atoms with Crippen molar-refractivity contribution in [2.24, 2.45) is 5.40 Å². The van der Waals surface area contributed by atoms with Crippen molar-refractivity contribution in [1.82, 2.24) is 0 Å². The quantitative estimate of drug-likeness (QED) is 0.699. The lowest BCUT2D eigenvalue weighted by atomic mass is 10.2. The molecule has 0 aliphatic rings. The van der Waals surface area contributed by atoms with E-state index in [0.717, 1.165) is 0 Å². The third kappa shape index (κ3) is 4.42. The van der Waals surface area contributed by atoms with Crippen LogP contribution in [0.15, 0.2) is 0 Å². The summed E-state index contributed by atoms with van der Waals surface area (Å²) in [7, 11) is -3.87. The highest BCUT2D eigenvalue weighted by Crippen LogP contribution is 2.52. The summed E-state index contributed by atoms with van der Waals surface area (Å²) in [6.45, 7) is 27.4. The lowest BCUT2D eigenvalue weighted by Crippen LogP contribution is -2.66. The zero-order valence-corrected chi connectivity index (χ0v) is 18.2. The second-order valence-electron chi connectivity index (χ2n) is 10.5. The van der Waals surface area contributed by atoms with E-state index in [4.69, 9.17) is 9.51 Å². The Bertz CT molecular complexity index is 298. The van der Waals surface area contributed by atoms with Gasteiger partial charge in [0.25, 0.3) is 8.48 Å². The Morgan fingerprint density at radius 3 is 1.05 bits per heavy atom. The minimum atomic E-state index is -2.37. The summed E-state index contributed by atoms with van der Waals surface area (Å²) in [5, 5.41) is 7.50. The van der Waals surface area contributed by atoms with Crippen molar-refractivity contribution < 1.29 is 4.12 Å². The average molecular weight is 318 g/mol. The minimum Gasteiger partial charge on any atom is -0.445 e. The lowest BCUT2D eigenvalue weighted by Gasteiger charge is -2.53. The first-order chi connectivity index (χ1) is 8.34. The second-order valence-corrected chi connectivity index (χ2v) is 20.1. The van der Waals surface area contributed by atoms with Crippen LogP contribution in [0.5, 0.6) is 0 Å². The smallest absolute Gasteiger partial charge is 0.266 e. The van der Waals surface area contributed by atoms with Crippen LogP contribution in [-0.2, 0) is 4.12 Å². The Morgan fingerprint density at radius 2 is 0.900 bits per heavy atom. The summed E-state index contributed by atoms with van der Waals surface area (Å²) >= 11 is 0. The minimum absolute atomic E-state index is 0.0347. The number of hydrogen-bond donors (Lipinski definition) is 1. The topological polar surface area (TPSA) is 35.2 Å². The van der Waals surface area contributed by atoms with Crippen molar-refractivity contribution in [3.8, 4) is 0 Å². The van der Waals surface area contributed by atoms with Crippen LogP contribution in [0, 0.1) is 0 Å². The SMILES string of the molecule is CC(C)(C)[SiH](O[Si](N)(C(C)(C)C)C(C)(C)C)C(C)(C)C. The van der Waals surface area contributed by atoms with Gasteiger partial charge in [0.1, 0.15) is 0 Å². The van der Waals surface area contributed by atoms with E-state index in [1.165, 1.54) is 0 Å². The fourth-order valence-electron chi connectivity index (χ4n) is 3.32. The van der Waals surface area contributed by atoms with E-state index < -0.39 is 17.5 Å².